The summed E-state index contributed by atoms with van der Waals surface area (Å²) in [6.07, 6.45) is -2.68. The molecular formula is C12H9F3N2OS. The summed E-state index contributed by atoms with van der Waals surface area (Å²) in [5, 5.41) is 0.230. The summed E-state index contributed by atoms with van der Waals surface area (Å²) in [7, 11) is 0. The maximum absolute atomic E-state index is 12.6. The number of H-pyrrole nitrogens is 1. The molecule has 19 heavy (non-hydrogen) atoms. The van der Waals surface area contributed by atoms with E-state index in [9.17, 15) is 18.0 Å². The molecule has 0 bridgehead atoms. The summed E-state index contributed by atoms with van der Waals surface area (Å²) in [4.78, 5) is 14.9. The maximum Gasteiger partial charge on any atom is 0.416 e. The van der Waals surface area contributed by atoms with Gasteiger partial charge in [0.2, 0.25) is 0 Å². The standard InChI is InChI=1S/C12H9F3N2OS/c13-12(14,15)6-1-4-8-9(5-6)16-11(19)17(10(8)18)7-2-3-7/h1,4-5,7H,2-3H2,(H,16,19). The Hall–Kier alpha value is -1.63. The van der Waals surface area contributed by atoms with Crippen LogP contribution in [0.5, 0.6) is 0 Å². The molecular weight excluding hydrogens is 277 g/mol. The number of hydrogen-bond acceptors (Lipinski definition) is 2. The van der Waals surface area contributed by atoms with Crippen LogP contribution in [-0.2, 0) is 6.18 Å². The van der Waals surface area contributed by atoms with Gasteiger partial charge < -0.3 is 4.98 Å². The van der Waals surface area contributed by atoms with E-state index in [1.807, 2.05) is 0 Å². The van der Waals surface area contributed by atoms with Crippen molar-refractivity contribution in [2.75, 3.05) is 0 Å². The number of aromatic amines is 1. The largest absolute Gasteiger partial charge is 0.416 e. The number of rotatable bonds is 1. The Morgan fingerprint density at radius 3 is 2.58 bits per heavy atom. The van der Waals surface area contributed by atoms with Crippen LogP contribution in [-0.4, -0.2) is 9.55 Å². The molecule has 0 spiro atoms. The molecule has 0 amide bonds. The SMILES string of the molecule is O=c1c2ccc(C(F)(F)F)cc2[nH]c(=S)n1C1CC1. The third-order valence-corrected chi connectivity index (χ3v) is 3.47. The fraction of sp³-hybridized carbons (Fsp3) is 0.333. The quantitative estimate of drug-likeness (QED) is 0.816. The summed E-state index contributed by atoms with van der Waals surface area (Å²) in [6, 6.07) is 3.12. The zero-order valence-electron chi connectivity index (χ0n) is 9.62. The molecule has 3 nitrogen and oxygen atoms in total. The van der Waals surface area contributed by atoms with Crippen molar-refractivity contribution in [2.45, 2.75) is 25.1 Å². The number of alkyl halides is 3. The molecule has 7 heteroatoms. The molecule has 1 heterocycles. The molecule has 1 aliphatic carbocycles. The Morgan fingerprint density at radius 1 is 1.32 bits per heavy atom. The Labute approximate surface area is 110 Å². The summed E-state index contributed by atoms with van der Waals surface area (Å²) in [5.74, 6) is 0. The van der Waals surface area contributed by atoms with Gasteiger partial charge in [-0.25, -0.2) is 0 Å². The van der Waals surface area contributed by atoms with Gasteiger partial charge >= 0.3 is 6.18 Å². The molecule has 1 aromatic heterocycles. The summed E-state index contributed by atoms with van der Waals surface area (Å²) >= 11 is 5.05. The average molecular weight is 286 g/mol. The van der Waals surface area contributed by atoms with Crippen molar-refractivity contribution >= 4 is 23.1 Å². The van der Waals surface area contributed by atoms with Crippen LogP contribution in [0.15, 0.2) is 23.0 Å². The fourth-order valence-corrected chi connectivity index (χ4v) is 2.41. The van der Waals surface area contributed by atoms with Crippen LogP contribution in [0.25, 0.3) is 10.9 Å². The molecule has 1 aliphatic rings. The van der Waals surface area contributed by atoms with E-state index in [0.29, 0.717) is 0 Å². The van der Waals surface area contributed by atoms with Gasteiger partial charge in [-0.05, 0) is 43.3 Å². The van der Waals surface area contributed by atoms with E-state index in [1.54, 1.807) is 0 Å². The lowest BCUT2D eigenvalue weighted by atomic mass is 10.1. The van der Waals surface area contributed by atoms with Crippen molar-refractivity contribution in [2.24, 2.45) is 0 Å². The van der Waals surface area contributed by atoms with E-state index in [1.165, 1.54) is 10.6 Å². The molecule has 0 atom stereocenters. The van der Waals surface area contributed by atoms with Gasteiger partial charge in [0.1, 0.15) is 0 Å². The molecule has 0 aliphatic heterocycles. The van der Waals surface area contributed by atoms with E-state index in [4.69, 9.17) is 12.2 Å². The van der Waals surface area contributed by atoms with Crippen LogP contribution in [0.3, 0.4) is 0 Å². The van der Waals surface area contributed by atoms with Gasteiger partial charge in [0.25, 0.3) is 5.56 Å². The van der Waals surface area contributed by atoms with Crippen molar-refractivity contribution in [1.82, 2.24) is 9.55 Å². The third-order valence-electron chi connectivity index (χ3n) is 3.17. The predicted molar refractivity (Wildman–Crippen MR) is 66.7 cm³/mol. The van der Waals surface area contributed by atoms with Crippen LogP contribution in [0, 0.1) is 4.77 Å². The first-order valence-corrected chi connectivity index (χ1v) is 6.14. The number of hydrogen-bond donors (Lipinski definition) is 1. The van der Waals surface area contributed by atoms with Gasteiger partial charge in [0, 0.05) is 6.04 Å². The van der Waals surface area contributed by atoms with E-state index in [0.717, 1.165) is 25.0 Å². The molecule has 3 rings (SSSR count). The second-order valence-corrected chi connectivity index (χ2v) is 4.98. The highest BCUT2D eigenvalue weighted by atomic mass is 32.1. The van der Waals surface area contributed by atoms with E-state index in [2.05, 4.69) is 4.98 Å². The fourth-order valence-electron chi connectivity index (χ4n) is 2.07. The minimum absolute atomic E-state index is 0.0861. The molecule has 2 aromatic rings. The molecule has 1 aromatic carbocycles. The maximum atomic E-state index is 12.6. The van der Waals surface area contributed by atoms with Gasteiger partial charge in [-0.15, -0.1) is 0 Å². The van der Waals surface area contributed by atoms with Gasteiger partial charge in [-0.2, -0.15) is 13.2 Å². The van der Waals surface area contributed by atoms with Gasteiger partial charge in [0.05, 0.1) is 16.5 Å². The molecule has 0 unspecified atom stereocenters. The highest BCUT2D eigenvalue weighted by Gasteiger charge is 2.31. The van der Waals surface area contributed by atoms with Crippen LogP contribution in [0.1, 0.15) is 24.4 Å². The van der Waals surface area contributed by atoms with Gasteiger partial charge in [-0.1, -0.05) is 0 Å². The zero-order valence-corrected chi connectivity index (χ0v) is 10.4. The van der Waals surface area contributed by atoms with E-state index < -0.39 is 11.7 Å². The summed E-state index contributed by atoms with van der Waals surface area (Å²) < 4.78 is 39.5. The molecule has 1 saturated carbocycles. The predicted octanol–water partition coefficient (Wildman–Crippen LogP) is 3.41. The number of benzene rings is 1. The second-order valence-electron chi connectivity index (χ2n) is 4.59. The first-order valence-electron chi connectivity index (χ1n) is 5.74. The number of halogens is 3. The highest BCUT2D eigenvalue weighted by Crippen LogP contribution is 2.34. The number of aromatic nitrogens is 2. The third kappa shape index (κ3) is 2.07. The van der Waals surface area contributed by atoms with Crippen LogP contribution in [0.4, 0.5) is 13.2 Å². The van der Waals surface area contributed by atoms with Crippen molar-refractivity contribution in [1.29, 1.82) is 0 Å². The van der Waals surface area contributed by atoms with Crippen molar-refractivity contribution in [3.05, 3.63) is 38.9 Å². The lowest BCUT2D eigenvalue weighted by Crippen LogP contribution is -2.21. The first kappa shape index (κ1) is 12.4. The smallest absolute Gasteiger partial charge is 0.332 e. The van der Waals surface area contributed by atoms with Gasteiger partial charge in [-0.3, -0.25) is 9.36 Å². The number of fused-ring (bicyclic) bond motifs is 1. The van der Waals surface area contributed by atoms with Crippen LogP contribution >= 0.6 is 12.2 Å². The first-order chi connectivity index (χ1) is 8.88. The Bertz CT molecular complexity index is 771. The monoisotopic (exact) mass is 286 g/mol. The molecule has 0 radical (unpaired) electrons. The number of nitrogens with zero attached hydrogens (tertiary/aromatic N) is 1. The Kier molecular flexibility index (Phi) is 2.57. The lowest BCUT2D eigenvalue weighted by molar-refractivity contribution is -0.137. The van der Waals surface area contributed by atoms with Crippen LogP contribution < -0.4 is 5.56 Å². The topological polar surface area (TPSA) is 37.8 Å². The number of nitrogens with one attached hydrogen (secondary N) is 1. The Morgan fingerprint density at radius 2 is 2.00 bits per heavy atom. The van der Waals surface area contributed by atoms with Crippen molar-refractivity contribution in [3.63, 3.8) is 0 Å². The van der Waals surface area contributed by atoms with Gasteiger partial charge in [0.15, 0.2) is 4.77 Å². The highest BCUT2D eigenvalue weighted by molar-refractivity contribution is 7.71. The van der Waals surface area contributed by atoms with Crippen LogP contribution in [0.2, 0.25) is 0 Å². The molecule has 100 valence electrons. The van der Waals surface area contributed by atoms with Crippen molar-refractivity contribution < 1.29 is 13.2 Å². The zero-order chi connectivity index (χ0) is 13.8. The lowest BCUT2D eigenvalue weighted by Gasteiger charge is -2.09. The summed E-state index contributed by atoms with van der Waals surface area (Å²) in [5.41, 5.74) is -0.995. The normalized spacial score (nSPS) is 15.9. The minimum Gasteiger partial charge on any atom is -0.332 e. The molecule has 0 saturated heterocycles. The molecule has 1 fully saturated rings. The van der Waals surface area contributed by atoms with E-state index >= 15 is 0 Å². The molecule has 1 N–H and O–H groups in total. The minimum atomic E-state index is -4.44. The van der Waals surface area contributed by atoms with Crippen molar-refractivity contribution in [3.8, 4) is 0 Å². The van der Waals surface area contributed by atoms with E-state index in [-0.39, 0.29) is 27.3 Å². The average Bonchev–Trinajstić information content (AvgIpc) is 3.11. The second kappa shape index (κ2) is 3.93. The summed E-state index contributed by atoms with van der Waals surface area (Å²) in [6.45, 7) is 0. The Balaban J connectivity index is 2.30.